The van der Waals surface area contributed by atoms with Crippen molar-refractivity contribution in [1.82, 2.24) is 0 Å². The molecule has 0 bridgehead atoms. The molecule has 0 N–H and O–H groups in total. The van der Waals surface area contributed by atoms with Crippen molar-refractivity contribution in [2.75, 3.05) is 6.61 Å². The van der Waals surface area contributed by atoms with Crippen LogP contribution in [-0.2, 0) is 4.74 Å². The molecule has 1 rings (SSSR count). The largest absolute Gasteiger partial charge is 0.378 e. The van der Waals surface area contributed by atoms with Gasteiger partial charge in [-0.05, 0) is 19.3 Å². The molecule has 1 saturated carbocycles. The number of hydrogen-bond acceptors (Lipinski definition) is 1. The molecule has 0 aliphatic heterocycles. The summed E-state index contributed by atoms with van der Waals surface area (Å²) in [5, 5.41) is 0. The summed E-state index contributed by atoms with van der Waals surface area (Å²) >= 11 is 0. The summed E-state index contributed by atoms with van der Waals surface area (Å²) in [6.45, 7) is 3.29. The van der Waals surface area contributed by atoms with Gasteiger partial charge in [-0.2, -0.15) is 0 Å². The zero-order chi connectivity index (χ0) is 10.8. The Morgan fingerprint density at radius 2 is 1.47 bits per heavy atom. The van der Waals surface area contributed by atoms with Gasteiger partial charge >= 0.3 is 0 Å². The van der Waals surface area contributed by atoms with Crippen LogP contribution in [0.15, 0.2) is 0 Å². The highest BCUT2D eigenvalue weighted by Crippen LogP contribution is 2.21. The summed E-state index contributed by atoms with van der Waals surface area (Å²) < 4.78 is 5.83. The van der Waals surface area contributed by atoms with E-state index >= 15 is 0 Å². The van der Waals surface area contributed by atoms with Crippen LogP contribution in [0.4, 0.5) is 0 Å². The Morgan fingerprint density at radius 3 is 2.13 bits per heavy atom. The van der Waals surface area contributed by atoms with Crippen LogP contribution in [0, 0.1) is 0 Å². The third-order valence-corrected chi connectivity index (χ3v) is 3.40. The fraction of sp³-hybridized carbons (Fsp3) is 1.00. The van der Waals surface area contributed by atoms with E-state index in [4.69, 9.17) is 4.74 Å². The van der Waals surface area contributed by atoms with Gasteiger partial charge in [-0.1, -0.05) is 58.3 Å². The van der Waals surface area contributed by atoms with Gasteiger partial charge in [0.25, 0.3) is 0 Å². The molecule has 0 radical (unpaired) electrons. The van der Waals surface area contributed by atoms with E-state index in [0.717, 1.165) is 6.61 Å². The highest BCUT2D eigenvalue weighted by Gasteiger charge is 2.14. The van der Waals surface area contributed by atoms with E-state index in [1.54, 1.807) is 0 Å². The molecule has 0 atom stereocenters. The second kappa shape index (κ2) is 9.21. The molecule has 1 aliphatic rings. The molecule has 1 aliphatic carbocycles. The first kappa shape index (κ1) is 13.0. The van der Waals surface area contributed by atoms with Gasteiger partial charge in [-0.15, -0.1) is 0 Å². The first-order valence-corrected chi connectivity index (χ1v) is 7.05. The molecule has 0 amide bonds. The fourth-order valence-corrected chi connectivity index (χ4v) is 2.36. The number of ether oxygens (including phenoxy) is 1. The Hall–Kier alpha value is -0.0400. The SMILES string of the molecule is CCCCCCCCCOC1CCCC1. The summed E-state index contributed by atoms with van der Waals surface area (Å²) in [6, 6.07) is 0. The van der Waals surface area contributed by atoms with Crippen LogP contribution in [0.25, 0.3) is 0 Å². The average molecular weight is 212 g/mol. The summed E-state index contributed by atoms with van der Waals surface area (Å²) in [7, 11) is 0. The Balaban J connectivity index is 1.73. The molecule has 90 valence electrons. The zero-order valence-electron chi connectivity index (χ0n) is 10.5. The first-order chi connectivity index (χ1) is 7.43. The van der Waals surface area contributed by atoms with Crippen LogP contribution in [0.3, 0.4) is 0 Å². The van der Waals surface area contributed by atoms with E-state index in [1.807, 2.05) is 0 Å². The molecule has 1 heteroatoms. The predicted octanol–water partition coefficient (Wildman–Crippen LogP) is 4.70. The Labute approximate surface area is 95.6 Å². The second-order valence-electron chi connectivity index (χ2n) is 4.90. The van der Waals surface area contributed by atoms with Gasteiger partial charge in [0.2, 0.25) is 0 Å². The maximum atomic E-state index is 5.83. The standard InChI is InChI=1S/C14H28O/c1-2-3-4-5-6-7-10-13-15-14-11-8-9-12-14/h14H,2-13H2,1H3. The lowest BCUT2D eigenvalue weighted by atomic mass is 10.1. The van der Waals surface area contributed by atoms with Gasteiger partial charge < -0.3 is 4.74 Å². The lowest BCUT2D eigenvalue weighted by Crippen LogP contribution is -2.08. The molecule has 0 saturated heterocycles. The van der Waals surface area contributed by atoms with Crippen molar-refractivity contribution >= 4 is 0 Å². The number of hydrogen-bond donors (Lipinski definition) is 0. The summed E-state index contributed by atoms with van der Waals surface area (Å²) in [6.07, 6.45) is 15.7. The first-order valence-electron chi connectivity index (χ1n) is 7.05. The Morgan fingerprint density at radius 1 is 0.867 bits per heavy atom. The molecular formula is C14H28O. The Bertz CT molecular complexity index is 127. The highest BCUT2D eigenvalue weighted by molar-refractivity contribution is 4.66. The molecule has 0 unspecified atom stereocenters. The topological polar surface area (TPSA) is 9.23 Å². The van der Waals surface area contributed by atoms with Crippen LogP contribution in [0.1, 0.15) is 77.6 Å². The summed E-state index contributed by atoms with van der Waals surface area (Å²) in [5.41, 5.74) is 0. The van der Waals surface area contributed by atoms with Crippen molar-refractivity contribution in [3.63, 3.8) is 0 Å². The van der Waals surface area contributed by atoms with Gasteiger partial charge in [-0.25, -0.2) is 0 Å². The molecule has 0 aromatic heterocycles. The molecule has 15 heavy (non-hydrogen) atoms. The van der Waals surface area contributed by atoms with Crippen molar-refractivity contribution < 1.29 is 4.74 Å². The normalized spacial score (nSPS) is 17.4. The van der Waals surface area contributed by atoms with Gasteiger partial charge in [0.05, 0.1) is 6.10 Å². The van der Waals surface area contributed by atoms with Gasteiger partial charge in [0, 0.05) is 6.61 Å². The van der Waals surface area contributed by atoms with E-state index in [0.29, 0.717) is 6.10 Å². The van der Waals surface area contributed by atoms with Crippen molar-refractivity contribution in [2.45, 2.75) is 83.7 Å². The molecule has 1 fully saturated rings. The fourth-order valence-electron chi connectivity index (χ4n) is 2.36. The van der Waals surface area contributed by atoms with Gasteiger partial charge in [0.15, 0.2) is 0 Å². The Kier molecular flexibility index (Phi) is 7.99. The van der Waals surface area contributed by atoms with E-state index in [2.05, 4.69) is 6.92 Å². The maximum absolute atomic E-state index is 5.83. The van der Waals surface area contributed by atoms with Gasteiger partial charge in [0.1, 0.15) is 0 Å². The lowest BCUT2D eigenvalue weighted by Gasteiger charge is -2.10. The quantitative estimate of drug-likeness (QED) is 0.503. The van der Waals surface area contributed by atoms with E-state index in [-0.39, 0.29) is 0 Å². The molecule has 0 heterocycles. The molecule has 0 aromatic carbocycles. The second-order valence-corrected chi connectivity index (χ2v) is 4.90. The van der Waals surface area contributed by atoms with Crippen molar-refractivity contribution in [1.29, 1.82) is 0 Å². The number of rotatable bonds is 9. The van der Waals surface area contributed by atoms with E-state index in [9.17, 15) is 0 Å². The van der Waals surface area contributed by atoms with E-state index < -0.39 is 0 Å². The van der Waals surface area contributed by atoms with Crippen molar-refractivity contribution in [3.05, 3.63) is 0 Å². The third kappa shape index (κ3) is 6.94. The highest BCUT2D eigenvalue weighted by atomic mass is 16.5. The van der Waals surface area contributed by atoms with Crippen LogP contribution in [-0.4, -0.2) is 12.7 Å². The third-order valence-electron chi connectivity index (χ3n) is 3.40. The van der Waals surface area contributed by atoms with Crippen molar-refractivity contribution in [2.24, 2.45) is 0 Å². The minimum atomic E-state index is 0.616. The molecule has 0 aromatic rings. The van der Waals surface area contributed by atoms with Crippen LogP contribution in [0.2, 0.25) is 0 Å². The summed E-state index contributed by atoms with van der Waals surface area (Å²) in [5.74, 6) is 0. The minimum Gasteiger partial charge on any atom is -0.378 e. The van der Waals surface area contributed by atoms with E-state index in [1.165, 1.54) is 70.6 Å². The molecule has 1 nitrogen and oxygen atoms in total. The number of unbranched alkanes of at least 4 members (excludes halogenated alkanes) is 6. The monoisotopic (exact) mass is 212 g/mol. The molecule has 0 spiro atoms. The predicted molar refractivity (Wildman–Crippen MR) is 66.2 cm³/mol. The molecular weight excluding hydrogens is 184 g/mol. The van der Waals surface area contributed by atoms with Crippen molar-refractivity contribution in [3.8, 4) is 0 Å². The smallest absolute Gasteiger partial charge is 0.0575 e. The van der Waals surface area contributed by atoms with Gasteiger partial charge in [-0.3, -0.25) is 0 Å². The minimum absolute atomic E-state index is 0.616. The maximum Gasteiger partial charge on any atom is 0.0575 e. The van der Waals surface area contributed by atoms with Crippen LogP contribution in [0.5, 0.6) is 0 Å². The average Bonchev–Trinajstić information content (AvgIpc) is 2.75. The zero-order valence-corrected chi connectivity index (χ0v) is 10.5. The van der Waals surface area contributed by atoms with Crippen LogP contribution < -0.4 is 0 Å². The summed E-state index contributed by atoms with van der Waals surface area (Å²) in [4.78, 5) is 0. The van der Waals surface area contributed by atoms with Crippen LogP contribution >= 0.6 is 0 Å². The lowest BCUT2D eigenvalue weighted by molar-refractivity contribution is 0.0556.